The molecule has 1 radical (unpaired) electrons. The summed E-state index contributed by atoms with van der Waals surface area (Å²) in [6.45, 7) is 4.15. The van der Waals surface area contributed by atoms with E-state index in [9.17, 15) is 14.4 Å². The van der Waals surface area contributed by atoms with Gasteiger partial charge in [0, 0.05) is 5.75 Å². The highest BCUT2D eigenvalue weighted by atomic mass is 32.1. The fourth-order valence-corrected chi connectivity index (χ4v) is 1.97. The molecular weight excluding hydrogens is 304 g/mol. The maximum Gasteiger partial charge on any atom is 0.243 e. The van der Waals surface area contributed by atoms with Crippen LogP contribution >= 0.6 is 12.6 Å². The number of carbonyl (C=O) groups excluding carboxylic acids is 3. The van der Waals surface area contributed by atoms with Crippen molar-refractivity contribution in [2.45, 2.75) is 51.2 Å². The molecule has 0 saturated heterocycles. The van der Waals surface area contributed by atoms with Gasteiger partial charge in [0.25, 0.3) is 0 Å². The van der Waals surface area contributed by atoms with Gasteiger partial charge in [0.05, 0.1) is 6.04 Å². The van der Waals surface area contributed by atoms with Crippen LogP contribution in [0.3, 0.4) is 0 Å². The van der Waals surface area contributed by atoms with E-state index < -0.39 is 24.0 Å². The van der Waals surface area contributed by atoms with Crippen molar-refractivity contribution < 1.29 is 14.4 Å². The second kappa shape index (κ2) is 11.4. The number of carbonyl (C=O) groups is 2. The van der Waals surface area contributed by atoms with Gasteiger partial charge in [-0.2, -0.15) is 12.6 Å². The maximum absolute atomic E-state index is 12.1. The first-order valence-electron chi connectivity index (χ1n) is 7.42. The third-order valence-corrected chi connectivity index (χ3v) is 3.56. The van der Waals surface area contributed by atoms with Crippen molar-refractivity contribution in [3.8, 4) is 0 Å². The average molecular weight is 331 g/mol. The van der Waals surface area contributed by atoms with Gasteiger partial charge in [0.2, 0.25) is 18.1 Å². The van der Waals surface area contributed by atoms with Crippen molar-refractivity contribution in [1.82, 2.24) is 10.6 Å². The van der Waals surface area contributed by atoms with Crippen LogP contribution in [0.5, 0.6) is 0 Å². The minimum atomic E-state index is -0.799. The normalized spacial score (nSPS) is 15.0. The molecule has 0 aliphatic carbocycles. The SMILES string of the molecule is CC(C)[C@H](NC(=O)[C@@H](N)CCCCN)C(=O)N[C@H]([C]=O)CS. The Bertz CT molecular complexity index is 366. The monoisotopic (exact) mass is 331 g/mol. The van der Waals surface area contributed by atoms with Gasteiger partial charge < -0.3 is 22.1 Å². The zero-order valence-corrected chi connectivity index (χ0v) is 14.1. The first-order chi connectivity index (χ1) is 10.4. The first-order valence-corrected chi connectivity index (χ1v) is 8.05. The van der Waals surface area contributed by atoms with Gasteiger partial charge >= 0.3 is 0 Å². The molecule has 0 rings (SSSR count). The van der Waals surface area contributed by atoms with Crippen molar-refractivity contribution in [2.24, 2.45) is 17.4 Å². The molecule has 0 aromatic carbocycles. The van der Waals surface area contributed by atoms with Crippen molar-refractivity contribution in [1.29, 1.82) is 0 Å². The Morgan fingerprint density at radius 3 is 2.27 bits per heavy atom. The summed E-state index contributed by atoms with van der Waals surface area (Å²) < 4.78 is 0. The maximum atomic E-state index is 12.1. The number of hydrogen-bond acceptors (Lipinski definition) is 6. The zero-order chi connectivity index (χ0) is 17.1. The molecule has 7 nitrogen and oxygen atoms in total. The summed E-state index contributed by atoms with van der Waals surface area (Å²) in [5.74, 6) is -0.831. The standard InChI is InChI=1S/C14H27N4O3S/c1-9(2)12(14(21)17-10(7-19)8-22)18-13(20)11(16)5-3-4-6-15/h9-12,22H,3-6,8,15-16H2,1-2H3,(H,17,21)(H,18,20)/t10-,11+,12+/m1/s1. The lowest BCUT2D eigenvalue weighted by Crippen LogP contribution is -2.55. The second-order valence-electron chi connectivity index (χ2n) is 5.48. The molecule has 0 fully saturated rings. The van der Waals surface area contributed by atoms with Crippen molar-refractivity contribution in [2.75, 3.05) is 12.3 Å². The largest absolute Gasteiger partial charge is 0.343 e. The topological polar surface area (TPSA) is 127 Å². The summed E-state index contributed by atoms with van der Waals surface area (Å²) in [5, 5.41) is 5.12. The molecule has 0 aliphatic rings. The van der Waals surface area contributed by atoms with Crippen LogP contribution in [0.1, 0.15) is 33.1 Å². The predicted molar refractivity (Wildman–Crippen MR) is 89.1 cm³/mol. The van der Waals surface area contributed by atoms with Crippen LogP contribution < -0.4 is 22.1 Å². The quantitative estimate of drug-likeness (QED) is 0.248. The van der Waals surface area contributed by atoms with Gasteiger partial charge in [-0.25, -0.2) is 0 Å². The van der Waals surface area contributed by atoms with E-state index in [-0.39, 0.29) is 17.6 Å². The molecule has 0 aromatic rings. The Hall–Kier alpha value is -1.12. The van der Waals surface area contributed by atoms with E-state index in [1.54, 1.807) is 20.1 Å². The van der Waals surface area contributed by atoms with Crippen LogP contribution in [-0.4, -0.2) is 48.5 Å². The molecule has 22 heavy (non-hydrogen) atoms. The van der Waals surface area contributed by atoms with Crippen LogP contribution in [0, 0.1) is 5.92 Å². The Morgan fingerprint density at radius 2 is 1.82 bits per heavy atom. The summed E-state index contributed by atoms with van der Waals surface area (Å²) in [6, 6.07) is -2.24. The molecule has 0 bridgehead atoms. The van der Waals surface area contributed by atoms with Gasteiger partial charge in [0.1, 0.15) is 12.1 Å². The van der Waals surface area contributed by atoms with Gasteiger partial charge in [-0.15, -0.1) is 0 Å². The smallest absolute Gasteiger partial charge is 0.243 e. The number of hydrogen-bond donors (Lipinski definition) is 5. The summed E-state index contributed by atoms with van der Waals surface area (Å²) in [6.07, 6.45) is 3.74. The highest BCUT2D eigenvalue weighted by Gasteiger charge is 2.27. The molecule has 0 unspecified atom stereocenters. The third kappa shape index (κ3) is 7.77. The lowest BCUT2D eigenvalue weighted by molar-refractivity contribution is -0.130. The lowest BCUT2D eigenvalue weighted by atomic mass is 10.0. The van der Waals surface area contributed by atoms with Gasteiger partial charge in [-0.3, -0.25) is 14.4 Å². The second-order valence-corrected chi connectivity index (χ2v) is 5.85. The highest BCUT2D eigenvalue weighted by Crippen LogP contribution is 2.05. The summed E-state index contributed by atoms with van der Waals surface area (Å²) in [5.41, 5.74) is 11.2. The summed E-state index contributed by atoms with van der Waals surface area (Å²) >= 11 is 3.95. The minimum absolute atomic E-state index is 0.145. The average Bonchev–Trinajstić information content (AvgIpc) is 2.49. The molecule has 0 spiro atoms. The molecule has 8 heteroatoms. The first kappa shape index (κ1) is 20.9. The predicted octanol–water partition coefficient (Wildman–Crippen LogP) is -0.892. The summed E-state index contributed by atoms with van der Waals surface area (Å²) in [4.78, 5) is 34.8. The van der Waals surface area contributed by atoms with E-state index in [2.05, 4.69) is 23.3 Å². The fraction of sp³-hybridized carbons (Fsp3) is 0.786. The molecule has 0 aromatic heterocycles. The van der Waals surface area contributed by atoms with Crippen LogP contribution in [-0.2, 0) is 14.4 Å². The van der Waals surface area contributed by atoms with Gasteiger partial charge in [-0.05, 0) is 25.3 Å². The fourth-order valence-electron chi connectivity index (χ4n) is 1.81. The minimum Gasteiger partial charge on any atom is -0.343 e. The Morgan fingerprint density at radius 1 is 1.18 bits per heavy atom. The van der Waals surface area contributed by atoms with E-state index in [0.717, 1.165) is 12.8 Å². The lowest BCUT2D eigenvalue weighted by Gasteiger charge is -2.24. The molecule has 0 saturated carbocycles. The number of amides is 2. The number of unbranched alkanes of at least 4 members (excludes halogenated alkanes) is 1. The molecular formula is C14H27N4O3S. The summed E-state index contributed by atoms with van der Waals surface area (Å²) in [7, 11) is 0. The molecule has 2 amide bonds. The Balaban J connectivity index is 4.59. The van der Waals surface area contributed by atoms with E-state index in [1.807, 2.05) is 0 Å². The van der Waals surface area contributed by atoms with Crippen LogP contribution in [0.25, 0.3) is 0 Å². The molecule has 0 heterocycles. The van der Waals surface area contributed by atoms with Crippen LogP contribution in [0.2, 0.25) is 0 Å². The third-order valence-electron chi connectivity index (χ3n) is 3.19. The van der Waals surface area contributed by atoms with Crippen molar-refractivity contribution in [3.63, 3.8) is 0 Å². The Kier molecular flexibility index (Phi) is 10.9. The van der Waals surface area contributed by atoms with E-state index >= 15 is 0 Å². The number of rotatable bonds is 11. The van der Waals surface area contributed by atoms with Crippen LogP contribution in [0.15, 0.2) is 0 Å². The number of nitrogens with two attached hydrogens (primary N) is 2. The molecule has 0 aliphatic heterocycles. The van der Waals surface area contributed by atoms with E-state index in [1.165, 1.54) is 0 Å². The van der Waals surface area contributed by atoms with E-state index in [4.69, 9.17) is 11.5 Å². The number of nitrogens with one attached hydrogen (secondary N) is 2. The Labute approximate surface area is 137 Å². The molecule has 127 valence electrons. The zero-order valence-electron chi connectivity index (χ0n) is 13.2. The molecule has 3 atom stereocenters. The van der Waals surface area contributed by atoms with Crippen molar-refractivity contribution >= 4 is 30.7 Å². The van der Waals surface area contributed by atoms with Crippen molar-refractivity contribution in [3.05, 3.63) is 0 Å². The highest BCUT2D eigenvalue weighted by molar-refractivity contribution is 7.80. The van der Waals surface area contributed by atoms with Gasteiger partial charge in [-0.1, -0.05) is 20.3 Å². The van der Waals surface area contributed by atoms with Crippen LogP contribution in [0.4, 0.5) is 0 Å². The molecule has 6 N–H and O–H groups in total. The number of thiol groups is 1. The van der Waals surface area contributed by atoms with Gasteiger partial charge in [0.15, 0.2) is 0 Å². The van der Waals surface area contributed by atoms with E-state index in [0.29, 0.717) is 13.0 Å².